The SMILES string of the molecule is Cc1cc(-c2noc(CNC(=O)c3cc(-c4ccc(F)cc4)c[nH]3)n2)no1. The molecule has 2 N–H and O–H groups in total. The molecule has 4 rings (SSSR count). The van der Waals surface area contributed by atoms with Crippen LogP contribution in [0.1, 0.15) is 22.1 Å². The molecule has 1 aromatic carbocycles. The van der Waals surface area contributed by atoms with Gasteiger partial charge in [0, 0.05) is 12.3 Å². The van der Waals surface area contributed by atoms with E-state index in [2.05, 4.69) is 25.6 Å². The fourth-order valence-electron chi connectivity index (χ4n) is 2.49. The molecule has 4 aromatic rings. The molecule has 0 aliphatic heterocycles. The highest BCUT2D eigenvalue weighted by atomic mass is 19.1. The van der Waals surface area contributed by atoms with Crippen molar-refractivity contribution in [2.75, 3.05) is 0 Å². The van der Waals surface area contributed by atoms with Gasteiger partial charge in [0.15, 0.2) is 5.69 Å². The molecule has 1 amide bonds. The number of hydrogen-bond acceptors (Lipinski definition) is 6. The summed E-state index contributed by atoms with van der Waals surface area (Å²) in [7, 11) is 0. The second-order valence-electron chi connectivity index (χ2n) is 5.83. The third-order valence-electron chi connectivity index (χ3n) is 3.83. The number of H-pyrrole nitrogens is 1. The summed E-state index contributed by atoms with van der Waals surface area (Å²) < 4.78 is 23.1. The summed E-state index contributed by atoms with van der Waals surface area (Å²) in [4.78, 5) is 19.3. The minimum absolute atomic E-state index is 0.0631. The van der Waals surface area contributed by atoms with Crippen molar-refractivity contribution < 1.29 is 18.2 Å². The average Bonchev–Trinajstić information content (AvgIpc) is 3.40. The van der Waals surface area contributed by atoms with Crippen LogP contribution in [0.5, 0.6) is 0 Å². The van der Waals surface area contributed by atoms with E-state index in [1.54, 1.807) is 37.4 Å². The molecule has 0 aliphatic rings. The number of amides is 1. The Morgan fingerprint density at radius 3 is 2.70 bits per heavy atom. The van der Waals surface area contributed by atoms with Crippen molar-refractivity contribution in [3.63, 3.8) is 0 Å². The van der Waals surface area contributed by atoms with Crippen molar-refractivity contribution in [3.05, 3.63) is 65.8 Å². The summed E-state index contributed by atoms with van der Waals surface area (Å²) in [6.07, 6.45) is 1.68. The Kier molecular flexibility index (Phi) is 4.25. The van der Waals surface area contributed by atoms with E-state index in [9.17, 15) is 9.18 Å². The Morgan fingerprint density at radius 1 is 1.15 bits per heavy atom. The Balaban J connectivity index is 1.40. The van der Waals surface area contributed by atoms with E-state index < -0.39 is 0 Å². The number of rotatable bonds is 5. The van der Waals surface area contributed by atoms with E-state index in [-0.39, 0.29) is 30.0 Å². The summed E-state index contributed by atoms with van der Waals surface area (Å²) >= 11 is 0. The number of nitrogens with one attached hydrogen (secondary N) is 2. The Hall–Kier alpha value is -3.75. The maximum atomic E-state index is 13.0. The predicted octanol–water partition coefficient (Wildman–Crippen LogP) is 3.10. The largest absolute Gasteiger partial charge is 0.361 e. The zero-order chi connectivity index (χ0) is 18.8. The monoisotopic (exact) mass is 367 g/mol. The average molecular weight is 367 g/mol. The van der Waals surface area contributed by atoms with Crippen molar-refractivity contribution in [2.45, 2.75) is 13.5 Å². The van der Waals surface area contributed by atoms with Gasteiger partial charge in [0.05, 0.1) is 6.54 Å². The molecular weight excluding hydrogens is 353 g/mol. The Labute approximate surface area is 152 Å². The minimum Gasteiger partial charge on any atom is -0.361 e. The summed E-state index contributed by atoms with van der Waals surface area (Å²) in [5.74, 6) is 0.514. The van der Waals surface area contributed by atoms with Gasteiger partial charge in [0.1, 0.15) is 17.3 Å². The van der Waals surface area contributed by atoms with Gasteiger partial charge in [-0.3, -0.25) is 4.79 Å². The quantitative estimate of drug-likeness (QED) is 0.561. The summed E-state index contributed by atoms with van der Waals surface area (Å²) in [5.41, 5.74) is 2.40. The van der Waals surface area contributed by atoms with Crippen LogP contribution < -0.4 is 5.32 Å². The maximum absolute atomic E-state index is 13.0. The van der Waals surface area contributed by atoms with E-state index in [1.165, 1.54) is 12.1 Å². The molecule has 0 bridgehead atoms. The van der Waals surface area contributed by atoms with Crippen molar-refractivity contribution in [1.29, 1.82) is 0 Å². The highest BCUT2D eigenvalue weighted by Gasteiger charge is 2.14. The highest BCUT2D eigenvalue weighted by molar-refractivity contribution is 5.93. The Bertz CT molecular complexity index is 1080. The van der Waals surface area contributed by atoms with E-state index in [1.807, 2.05) is 0 Å². The van der Waals surface area contributed by atoms with Crippen LogP contribution in [0, 0.1) is 12.7 Å². The van der Waals surface area contributed by atoms with E-state index in [0.29, 0.717) is 17.1 Å². The molecule has 9 heteroatoms. The molecule has 136 valence electrons. The fraction of sp³-hybridized carbons (Fsp3) is 0.111. The number of carbonyl (C=O) groups is 1. The number of benzene rings is 1. The summed E-state index contributed by atoms with van der Waals surface area (Å²) in [5, 5.41) is 10.3. The van der Waals surface area contributed by atoms with Crippen LogP contribution >= 0.6 is 0 Å². The standard InChI is InChI=1S/C18H14FN5O3/c1-10-6-14(23-26-10)17-22-16(27-24-17)9-21-18(25)15-7-12(8-20-15)11-2-4-13(19)5-3-11/h2-8,20H,9H2,1H3,(H,21,25). The lowest BCUT2D eigenvalue weighted by Crippen LogP contribution is -2.23. The smallest absolute Gasteiger partial charge is 0.268 e. The Morgan fingerprint density at radius 2 is 1.96 bits per heavy atom. The highest BCUT2D eigenvalue weighted by Crippen LogP contribution is 2.20. The summed E-state index contributed by atoms with van der Waals surface area (Å²) in [6.45, 7) is 1.82. The lowest BCUT2D eigenvalue weighted by Gasteiger charge is -1.99. The predicted molar refractivity (Wildman–Crippen MR) is 91.9 cm³/mol. The normalized spacial score (nSPS) is 10.9. The van der Waals surface area contributed by atoms with Gasteiger partial charge < -0.3 is 19.3 Å². The molecule has 3 aromatic heterocycles. The second-order valence-corrected chi connectivity index (χ2v) is 5.83. The molecule has 27 heavy (non-hydrogen) atoms. The molecule has 8 nitrogen and oxygen atoms in total. The van der Waals surface area contributed by atoms with Crippen LogP contribution in [0.25, 0.3) is 22.6 Å². The lowest BCUT2D eigenvalue weighted by atomic mass is 10.1. The van der Waals surface area contributed by atoms with Gasteiger partial charge in [-0.25, -0.2) is 4.39 Å². The number of aromatic nitrogens is 4. The van der Waals surface area contributed by atoms with Gasteiger partial charge in [-0.1, -0.05) is 22.4 Å². The van der Waals surface area contributed by atoms with Crippen molar-refractivity contribution in [3.8, 4) is 22.6 Å². The topological polar surface area (TPSA) is 110 Å². The first-order chi connectivity index (χ1) is 13.1. The molecule has 0 unspecified atom stereocenters. The third kappa shape index (κ3) is 3.61. The number of nitrogens with zero attached hydrogens (tertiary/aromatic N) is 3. The number of hydrogen-bond donors (Lipinski definition) is 2. The van der Waals surface area contributed by atoms with Gasteiger partial charge in [-0.05, 0) is 36.2 Å². The third-order valence-corrected chi connectivity index (χ3v) is 3.83. The molecule has 0 aliphatic carbocycles. The van der Waals surface area contributed by atoms with Gasteiger partial charge in [0.25, 0.3) is 5.91 Å². The van der Waals surface area contributed by atoms with Crippen molar-refractivity contribution in [1.82, 2.24) is 25.6 Å². The number of halogens is 1. The van der Waals surface area contributed by atoms with E-state index in [0.717, 1.165) is 11.1 Å². The van der Waals surface area contributed by atoms with Gasteiger partial charge in [-0.2, -0.15) is 4.98 Å². The molecule has 3 heterocycles. The van der Waals surface area contributed by atoms with Crippen LogP contribution in [-0.4, -0.2) is 26.2 Å². The zero-order valence-electron chi connectivity index (χ0n) is 14.2. The van der Waals surface area contributed by atoms with Crippen LogP contribution in [-0.2, 0) is 6.54 Å². The summed E-state index contributed by atoms with van der Waals surface area (Å²) in [6, 6.07) is 9.39. The van der Waals surface area contributed by atoms with Gasteiger partial charge in [0.2, 0.25) is 11.7 Å². The number of aromatic amines is 1. The number of carbonyl (C=O) groups excluding carboxylic acids is 1. The van der Waals surface area contributed by atoms with E-state index in [4.69, 9.17) is 9.05 Å². The second kappa shape index (κ2) is 6.87. The van der Waals surface area contributed by atoms with Crippen molar-refractivity contribution in [2.24, 2.45) is 0 Å². The molecule has 0 saturated heterocycles. The van der Waals surface area contributed by atoms with Crippen LogP contribution in [0.3, 0.4) is 0 Å². The van der Waals surface area contributed by atoms with Crippen LogP contribution in [0.2, 0.25) is 0 Å². The molecule has 0 saturated carbocycles. The van der Waals surface area contributed by atoms with Crippen molar-refractivity contribution >= 4 is 5.91 Å². The first-order valence-corrected chi connectivity index (χ1v) is 8.07. The van der Waals surface area contributed by atoms with Gasteiger partial charge >= 0.3 is 0 Å². The minimum atomic E-state index is -0.333. The zero-order valence-corrected chi connectivity index (χ0v) is 14.2. The first kappa shape index (κ1) is 16.7. The molecule has 0 spiro atoms. The molecule has 0 atom stereocenters. The maximum Gasteiger partial charge on any atom is 0.268 e. The van der Waals surface area contributed by atoms with Crippen LogP contribution in [0.15, 0.2) is 51.6 Å². The lowest BCUT2D eigenvalue weighted by molar-refractivity contribution is 0.0942. The molecule has 0 fully saturated rings. The first-order valence-electron chi connectivity index (χ1n) is 8.07. The van der Waals surface area contributed by atoms with Crippen LogP contribution in [0.4, 0.5) is 4.39 Å². The fourth-order valence-corrected chi connectivity index (χ4v) is 2.49. The van der Waals surface area contributed by atoms with Gasteiger partial charge in [-0.15, -0.1) is 0 Å². The molecular formula is C18H14FN5O3. The molecule has 0 radical (unpaired) electrons. The number of aryl methyl sites for hydroxylation is 1. The van der Waals surface area contributed by atoms with E-state index >= 15 is 0 Å².